The maximum Gasteiger partial charge on any atom is 0.101 e. The molecule has 0 aromatic rings. The van der Waals surface area contributed by atoms with Crippen LogP contribution in [0.5, 0.6) is 0 Å². The van der Waals surface area contributed by atoms with Gasteiger partial charge in [0.05, 0.1) is 11.1 Å². The van der Waals surface area contributed by atoms with E-state index >= 15 is 0 Å². The third-order valence-corrected chi connectivity index (χ3v) is 2.15. The fourth-order valence-electron chi connectivity index (χ4n) is 1.42. The van der Waals surface area contributed by atoms with Gasteiger partial charge in [0.2, 0.25) is 0 Å². The number of fused-ring (bicyclic) bond motifs is 1. The highest BCUT2D eigenvalue weighted by molar-refractivity contribution is 5.69. The number of nitrogens with zero attached hydrogens (tertiary/aromatic N) is 2. The lowest BCUT2D eigenvalue weighted by atomic mass is 10.1. The van der Waals surface area contributed by atoms with Crippen molar-refractivity contribution >= 4 is 0 Å². The van der Waals surface area contributed by atoms with Gasteiger partial charge in [0.15, 0.2) is 0 Å². The van der Waals surface area contributed by atoms with Crippen molar-refractivity contribution in [2.45, 2.75) is 0 Å². The number of nitriles is 2. The van der Waals surface area contributed by atoms with Crippen LogP contribution >= 0.6 is 0 Å². The normalized spacial score (nSPS) is 9.29. The minimum Gasteiger partial charge on any atom is -0.192 e. The third-order valence-electron chi connectivity index (χ3n) is 2.15. The van der Waals surface area contributed by atoms with Crippen LogP contribution in [-0.2, 0) is 0 Å². The Morgan fingerprint density at radius 1 is 0.786 bits per heavy atom. The predicted octanol–water partition coefficient (Wildman–Crippen LogP) is 2.53. The lowest BCUT2D eigenvalue weighted by molar-refractivity contribution is 1.45. The van der Waals surface area contributed by atoms with Crippen LogP contribution in [0.3, 0.4) is 0 Å². The van der Waals surface area contributed by atoms with Gasteiger partial charge in [-0.2, -0.15) is 10.5 Å². The van der Waals surface area contributed by atoms with Gasteiger partial charge in [0, 0.05) is 0 Å². The van der Waals surface area contributed by atoms with Crippen molar-refractivity contribution in [2.24, 2.45) is 0 Å². The summed E-state index contributed by atoms with van der Waals surface area (Å²) >= 11 is 0. The van der Waals surface area contributed by atoms with E-state index in [9.17, 15) is 0 Å². The van der Waals surface area contributed by atoms with Crippen molar-refractivity contribution in [3.05, 3.63) is 47.5 Å². The molecule has 0 radical (unpaired) electrons. The molecule has 0 atom stereocenters. The molecule has 0 bridgehead atoms. The third kappa shape index (κ3) is 1.20. The van der Waals surface area contributed by atoms with Crippen molar-refractivity contribution in [3.63, 3.8) is 0 Å². The number of hydrogen-bond donors (Lipinski definition) is 0. The lowest BCUT2D eigenvalue weighted by Crippen LogP contribution is -1.76. The molecule has 0 aromatic carbocycles. The van der Waals surface area contributed by atoms with Crippen LogP contribution in [0, 0.1) is 22.7 Å². The van der Waals surface area contributed by atoms with E-state index in [1.165, 1.54) is 0 Å². The zero-order valence-electron chi connectivity index (χ0n) is 7.36. The zero-order valence-corrected chi connectivity index (χ0v) is 7.36. The monoisotopic (exact) mass is 178 g/mol. The molecular weight excluding hydrogens is 172 g/mol. The summed E-state index contributed by atoms with van der Waals surface area (Å²) in [6.45, 7) is 0. The average molecular weight is 178 g/mol. The van der Waals surface area contributed by atoms with Gasteiger partial charge in [0.25, 0.3) is 0 Å². The van der Waals surface area contributed by atoms with Gasteiger partial charge in [-0.15, -0.1) is 0 Å². The number of rotatable bonds is 0. The minimum absolute atomic E-state index is 0.420. The van der Waals surface area contributed by atoms with E-state index in [0.29, 0.717) is 11.1 Å². The van der Waals surface area contributed by atoms with E-state index in [1.807, 2.05) is 36.4 Å². The van der Waals surface area contributed by atoms with Crippen molar-refractivity contribution in [3.8, 4) is 23.3 Å². The Balaban J connectivity index is 2.80. The highest BCUT2D eigenvalue weighted by Gasteiger charge is 2.04. The molecule has 2 aliphatic carbocycles. The van der Waals surface area contributed by atoms with Crippen LogP contribution in [0.2, 0.25) is 0 Å². The molecule has 0 aliphatic heterocycles. The summed E-state index contributed by atoms with van der Waals surface area (Å²) in [7, 11) is 0. The van der Waals surface area contributed by atoms with Gasteiger partial charge in [0.1, 0.15) is 12.1 Å². The summed E-state index contributed by atoms with van der Waals surface area (Å²) in [6.07, 6.45) is 0. The van der Waals surface area contributed by atoms with E-state index in [-0.39, 0.29) is 0 Å². The Bertz CT molecular complexity index is 529. The smallest absolute Gasteiger partial charge is 0.101 e. The van der Waals surface area contributed by atoms with Crippen LogP contribution < -0.4 is 0 Å². The summed E-state index contributed by atoms with van der Waals surface area (Å²) < 4.78 is 0. The van der Waals surface area contributed by atoms with Crippen LogP contribution in [0.25, 0.3) is 11.1 Å². The molecule has 0 aromatic heterocycles. The zero-order chi connectivity index (χ0) is 9.97. The first-order chi connectivity index (χ1) is 6.85. The molecule has 2 nitrogen and oxygen atoms in total. The van der Waals surface area contributed by atoms with Crippen molar-refractivity contribution in [2.75, 3.05) is 0 Å². The predicted molar refractivity (Wildman–Crippen MR) is 52.5 cm³/mol. The highest BCUT2D eigenvalue weighted by atomic mass is 14.3. The maximum atomic E-state index is 8.86. The summed E-state index contributed by atoms with van der Waals surface area (Å²) in [5.74, 6) is 0. The summed E-state index contributed by atoms with van der Waals surface area (Å²) in [5, 5.41) is 17.7. The number of hydrogen-bond acceptors (Lipinski definition) is 2. The minimum atomic E-state index is 0.420. The Labute approximate surface area is 82.0 Å². The van der Waals surface area contributed by atoms with Crippen molar-refractivity contribution in [1.29, 1.82) is 10.5 Å². The van der Waals surface area contributed by atoms with E-state index in [2.05, 4.69) is 0 Å². The summed E-state index contributed by atoms with van der Waals surface area (Å²) in [5.41, 5.74) is 2.88. The van der Waals surface area contributed by atoms with Crippen molar-refractivity contribution in [1.82, 2.24) is 0 Å². The van der Waals surface area contributed by atoms with Gasteiger partial charge in [-0.1, -0.05) is 24.3 Å². The van der Waals surface area contributed by atoms with Crippen molar-refractivity contribution < 1.29 is 0 Å². The second-order valence-electron chi connectivity index (χ2n) is 2.97. The molecule has 0 unspecified atom stereocenters. The molecule has 0 heterocycles. The van der Waals surface area contributed by atoms with Gasteiger partial charge >= 0.3 is 0 Å². The first-order valence-electron chi connectivity index (χ1n) is 4.18. The van der Waals surface area contributed by atoms with Gasteiger partial charge in [-0.25, -0.2) is 0 Å². The Hall–Kier alpha value is -2.32. The molecule has 0 fully saturated rings. The average Bonchev–Trinajstić information content (AvgIpc) is 2.58. The summed E-state index contributed by atoms with van der Waals surface area (Å²) in [6, 6.07) is 15.1. The first-order valence-corrected chi connectivity index (χ1v) is 4.18. The second kappa shape index (κ2) is 3.20. The molecular formula is C12H6N2. The first kappa shape index (κ1) is 8.29. The molecule has 2 rings (SSSR count). The van der Waals surface area contributed by atoms with E-state index in [0.717, 1.165) is 11.1 Å². The van der Waals surface area contributed by atoms with E-state index in [4.69, 9.17) is 10.5 Å². The fourth-order valence-corrected chi connectivity index (χ4v) is 1.42. The van der Waals surface area contributed by atoms with E-state index in [1.54, 1.807) is 12.1 Å². The molecule has 64 valence electrons. The Morgan fingerprint density at radius 3 is 2.21 bits per heavy atom. The quantitative estimate of drug-likeness (QED) is 0.622. The lowest BCUT2D eigenvalue weighted by Gasteiger charge is -1.88. The molecule has 2 heteroatoms. The summed E-state index contributed by atoms with van der Waals surface area (Å²) in [4.78, 5) is 0. The van der Waals surface area contributed by atoms with Crippen LogP contribution in [0.4, 0.5) is 0 Å². The molecule has 0 N–H and O–H groups in total. The van der Waals surface area contributed by atoms with Gasteiger partial charge in [-0.3, -0.25) is 0 Å². The van der Waals surface area contributed by atoms with E-state index < -0.39 is 0 Å². The standard InChI is InChI=1S/C12H6N2/c13-7-11-5-4-9-2-1-3-10(9)6-12(11)8-14/h1-6H. The largest absolute Gasteiger partial charge is 0.192 e. The van der Waals surface area contributed by atoms with Gasteiger partial charge in [-0.05, 0) is 23.3 Å². The second-order valence-corrected chi connectivity index (χ2v) is 2.97. The van der Waals surface area contributed by atoms with Gasteiger partial charge < -0.3 is 0 Å². The molecule has 0 saturated heterocycles. The molecule has 2 aliphatic rings. The molecule has 0 spiro atoms. The topological polar surface area (TPSA) is 47.6 Å². The molecule has 0 saturated carbocycles. The molecule has 0 amide bonds. The SMILES string of the molecule is N#Cc1ccc2cccc-2cc1C#N. The Kier molecular flexibility index (Phi) is 1.89. The van der Waals surface area contributed by atoms with Crippen LogP contribution in [0.1, 0.15) is 11.1 Å². The maximum absolute atomic E-state index is 8.86. The molecule has 14 heavy (non-hydrogen) atoms. The Morgan fingerprint density at radius 2 is 1.50 bits per heavy atom. The van der Waals surface area contributed by atoms with Crippen LogP contribution in [-0.4, -0.2) is 0 Å². The fraction of sp³-hybridized carbons (Fsp3) is 0. The van der Waals surface area contributed by atoms with Crippen LogP contribution in [0.15, 0.2) is 36.4 Å². The highest BCUT2D eigenvalue weighted by Crippen LogP contribution is 2.23.